The Morgan fingerprint density at radius 1 is 1.28 bits per heavy atom. The van der Waals surface area contributed by atoms with E-state index in [0.29, 0.717) is 0 Å². The van der Waals surface area contributed by atoms with Crippen LogP contribution in [0.1, 0.15) is 18.4 Å². The molecule has 0 radical (unpaired) electrons. The number of carbonyl (C=O) groups is 1. The molecule has 18 heavy (non-hydrogen) atoms. The van der Waals surface area contributed by atoms with Gasteiger partial charge in [-0.1, -0.05) is 6.07 Å². The number of benzene rings is 1. The molecule has 0 spiro atoms. The molecular formula is C13H16F2N2O. The quantitative estimate of drug-likeness (QED) is 0.855. The predicted molar refractivity (Wildman–Crippen MR) is 64.1 cm³/mol. The molecule has 5 heteroatoms. The zero-order valence-electron chi connectivity index (χ0n) is 10.0. The molecule has 2 rings (SSSR count). The first-order chi connectivity index (χ1) is 8.66. The largest absolute Gasteiger partial charge is 0.353 e. The summed E-state index contributed by atoms with van der Waals surface area (Å²) < 4.78 is 26.7. The Bertz CT molecular complexity index is 411. The van der Waals surface area contributed by atoms with E-state index >= 15 is 0 Å². The van der Waals surface area contributed by atoms with Crippen molar-refractivity contribution in [2.24, 2.45) is 0 Å². The molecule has 1 fully saturated rings. The van der Waals surface area contributed by atoms with Crippen LogP contribution in [0.5, 0.6) is 0 Å². The number of halogens is 2. The summed E-state index contributed by atoms with van der Waals surface area (Å²) in [6.45, 7) is 1.72. The van der Waals surface area contributed by atoms with Crippen molar-refractivity contribution in [3.8, 4) is 0 Å². The number of nitrogens with one attached hydrogen (secondary N) is 2. The van der Waals surface area contributed by atoms with Crippen LogP contribution in [0.3, 0.4) is 0 Å². The van der Waals surface area contributed by atoms with Crippen LogP contribution in [0.4, 0.5) is 8.78 Å². The van der Waals surface area contributed by atoms with Gasteiger partial charge in [0, 0.05) is 11.6 Å². The van der Waals surface area contributed by atoms with Gasteiger partial charge in [-0.15, -0.1) is 0 Å². The molecule has 98 valence electrons. The molecule has 1 aliphatic heterocycles. The minimum atomic E-state index is -0.671. The number of hydrogen-bond acceptors (Lipinski definition) is 2. The second-order valence-electron chi connectivity index (χ2n) is 4.47. The molecule has 1 aromatic carbocycles. The van der Waals surface area contributed by atoms with E-state index in [4.69, 9.17) is 0 Å². The van der Waals surface area contributed by atoms with E-state index in [9.17, 15) is 13.6 Å². The second kappa shape index (κ2) is 5.91. The first-order valence-corrected chi connectivity index (χ1v) is 6.10. The van der Waals surface area contributed by atoms with Gasteiger partial charge in [0.2, 0.25) is 5.91 Å². The van der Waals surface area contributed by atoms with Crippen molar-refractivity contribution in [3.05, 3.63) is 35.4 Å². The highest BCUT2D eigenvalue weighted by atomic mass is 19.1. The van der Waals surface area contributed by atoms with Crippen molar-refractivity contribution in [2.75, 3.05) is 13.1 Å². The van der Waals surface area contributed by atoms with Crippen molar-refractivity contribution in [1.29, 1.82) is 0 Å². The number of piperidine rings is 1. The minimum Gasteiger partial charge on any atom is -0.353 e. The highest BCUT2D eigenvalue weighted by molar-refractivity contribution is 5.79. The lowest BCUT2D eigenvalue weighted by Gasteiger charge is -2.23. The van der Waals surface area contributed by atoms with Crippen LogP contribution in [0.15, 0.2) is 18.2 Å². The molecule has 1 aromatic rings. The van der Waals surface area contributed by atoms with Gasteiger partial charge < -0.3 is 10.6 Å². The Morgan fingerprint density at radius 2 is 1.89 bits per heavy atom. The number of amides is 1. The van der Waals surface area contributed by atoms with Crippen molar-refractivity contribution in [1.82, 2.24) is 10.6 Å². The maximum absolute atomic E-state index is 13.4. The van der Waals surface area contributed by atoms with Crippen molar-refractivity contribution >= 4 is 5.91 Å². The van der Waals surface area contributed by atoms with Crippen LogP contribution in [0.2, 0.25) is 0 Å². The summed E-state index contributed by atoms with van der Waals surface area (Å²) >= 11 is 0. The standard InChI is InChI=1S/C13H16F2N2O/c14-11-2-1-3-12(15)10(11)8-13(18)17-9-4-6-16-7-5-9/h1-3,9,16H,4-8H2,(H,17,18). The van der Waals surface area contributed by atoms with Gasteiger partial charge in [0.1, 0.15) is 11.6 Å². The van der Waals surface area contributed by atoms with Gasteiger partial charge in [0.15, 0.2) is 0 Å². The molecule has 1 aliphatic rings. The molecule has 1 saturated heterocycles. The van der Waals surface area contributed by atoms with Gasteiger partial charge in [-0.25, -0.2) is 8.78 Å². The molecular weight excluding hydrogens is 238 g/mol. The highest BCUT2D eigenvalue weighted by Crippen LogP contribution is 2.13. The van der Waals surface area contributed by atoms with Gasteiger partial charge in [-0.2, -0.15) is 0 Å². The molecule has 0 aliphatic carbocycles. The van der Waals surface area contributed by atoms with Gasteiger partial charge in [0.05, 0.1) is 6.42 Å². The third kappa shape index (κ3) is 3.26. The summed E-state index contributed by atoms with van der Waals surface area (Å²) in [4.78, 5) is 11.7. The van der Waals surface area contributed by atoms with E-state index in [1.54, 1.807) is 0 Å². The lowest BCUT2D eigenvalue weighted by molar-refractivity contribution is -0.121. The first-order valence-electron chi connectivity index (χ1n) is 6.10. The number of rotatable bonds is 3. The maximum atomic E-state index is 13.4. The summed E-state index contributed by atoms with van der Waals surface area (Å²) in [6.07, 6.45) is 1.46. The van der Waals surface area contributed by atoms with Crippen LogP contribution in [-0.4, -0.2) is 25.0 Å². The Balaban J connectivity index is 1.94. The van der Waals surface area contributed by atoms with Gasteiger partial charge in [0.25, 0.3) is 0 Å². The zero-order chi connectivity index (χ0) is 13.0. The smallest absolute Gasteiger partial charge is 0.224 e. The van der Waals surface area contributed by atoms with E-state index in [0.717, 1.165) is 38.1 Å². The van der Waals surface area contributed by atoms with Gasteiger partial charge in [-0.05, 0) is 38.1 Å². The first kappa shape index (κ1) is 13.0. The fourth-order valence-electron chi connectivity index (χ4n) is 2.11. The fourth-order valence-corrected chi connectivity index (χ4v) is 2.11. The Kier molecular flexibility index (Phi) is 4.25. The summed E-state index contributed by atoms with van der Waals surface area (Å²) in [7, 11) is 0. The summed E-state index contributed by atoms with van der Waals surface area (Å²) in [5.41, 5.74) is -0.163. The molecule has 3 nitrogen and oxygen atoms in total. The molecule has 0 bridgehead atoms. The molecule has 1 heterocycles. The Labute approximate surface area is 105 Å². The zero-order valence-corrected chi connectivity index (χ0v) is 10.0. The van der Waals surface area contributed by atoms with E-state index in [1.807, 2.05) is 0 Å². The molecule has 1 amide bonds. The predicted octanol–water partition coefficient (Wildman–Crippen LogP) is 1.38. The van der Waals surface area contributed by atoms with Crippen LogP contribution < -0.4 is 10.6 Å². The topological polar surface area (TPSA) is 41.1 Å². The number of carbonyl (C=O) groups excluding carboxylic acids is 1. The lowest BCUT2D eigenvalue weighted by Crippen LogP contribution is -2.43. The SMILES string of the molecule is O=C(Cc1c(F)cccc1F)NC1CCNCC1. The van der Waals surface area contributed by atoms with Gasteiger partial charge in [-0.3, -0.25) is 4.79 Å². The minimum absolute atomic E-state index is 0.105. The normalized spacial score (nSPS) is 16.6. The monoisotopic (exact) mass is 254 g/mol. The van der Waals surface area contributed by atoms with E-state index in [2.05, 4.69) is 10.6 Å². The van der Waals surface area contributed by atoms with Crippen LogP contribution in [-0.2, 0) is 11.2 Å². The lowest BCUT2D eigenvalue weighted by atomic mass is 10.1. The van der Waals surface area contributed by atoms with Crippen molar-refractivity contribution in [2.45, 2.75) is 25.3 Å². The molecule has 2 N–H and O–H groups in total. The summed E-state index contributed by atoms with van der Waals surface area (Å²) in [5, 5.41) is 5.99. The summed E-state index contributed by atoms with van der Waals surface area (Å²) in [6, 6.07) is 3.72. The summed E-state index contributed by atoms with van der Waals surface area (Å²) in [5.74, 6) is -1.67. The third-order valence-electron chi connectivity index (χ3n) is 3.10. The van der Waals surface area contributed by atoms with Gasteiger partial charge >= 0.3 is 0 Å². The molecule has 0 aromatic heterocycles. The maximum Gasteiger partial charge on any atom is 0.224 e. The van der Waals surface area contributed by atoms with Crippen LogP contribution in [0.25, 0.3) is 0 Å². The highest BCUT2D eigenvalue weighted by Gasteiger charge is 2.18. The average Bonchev–Trinajstić information content (AvgIpc) is 2.35. The van der Waals surface area contributed by atoms with E-state index in [1.165, 1.54) is 6.07 Å². The molecule has 0 unspecified atom stereocenters. The second-order valence-corrected chi connectivity index (χ2v) is 4.47. The number of hydrogen-bond donors (Lipinski definition) is 2. The van der Waals surface area contributed by atoms with E-state index < -0.39 is 11.6 Å². The average molecular weight is 254 g/mol. The Morgan fingerprint density at radius 3 is 2.50 bits per heavy atom. The van der Waals surface area contributed by atoms with Crippen LogP contribution in [0, 0.1) is 11.6 Å². The van der Waals surface area contributed by atoms with Crippen molar-refractivity contribution < 1.29 is 13.6 Å². The molecule has 0 atom stereocenters. The van der Waals surface area contributed by atoms with E-state index in [-0.39, 0.29) is 23.9 Å². The Hall–Kier alpha value is -1.49. The fraction of sp³-hybridized carbons (Fsp3) is 0.462. The van der Waals surface area contributed by atoms with Crippen LogP contribution >= 0.6 is 0 Å². The molecule has 0 saturated carbocycles. The van der Waals surface area contributed by atoms with Crippen molar-refractivity contribution in [3.63, 3.8) is 0 Å². The third-order valence-corrected chi connectivity index (χ3v) is 3.10.